The van der Waals surface area contributed by atoms with Crippen molar-refractivity contribution in [2.75, 3.05) is 38.2 Å². The average Bonchev–Trinajstić information content (AvgIpc) is 3.17. The van der Waals surface area contributed by atoms with Crippen LogP contribution in [0.1, 0.15) is 18.1 Å². The van der Waals surface area contributed by atoms with Crippen LogP contribution in [0, 0.1) is 0 Å². The van der Waals surface area contributed by atoms with Crippen molar-refractivity contribution in [3.63, 3.8) is 0 Å². The number of fused-ring (bicyclic) bond motifs is 1. The summed E-state index contributed by atoms with van der Waals surface area (Å²) in [7, 11) is 1.68. The van der Waals surface area contributed by atoms with Gasteiger partial charge in [-0.05, 0) is 35.7 Å². The molecule has 5 nitrogen and oxygen atoms in total. The highest BCUT2D eigenvalue weighted by Crippen LogP contribution is 2.31. The molecule has 0 atom stereocenters. The van der Waals surface area contributed by atoms with E-state index < -0.39 is 0 Å². The third-order valence-corrected chi connectivity index (χ3v) is 6.35. The van der Waals surface area contributed by atoms with Gasteiger partial charge in [-0.25, -0.2) is 4.98 Å². The van der Waals surface area contributed by atoms with Crippen LogP contribution >= 0.6 is 11.3 Å². The Bertz CT molecular complexity index is 960. The quantitative estimate of drug-likeness (QED) is 0.660. The maximum Gasteiger partial charge on any atom is 0.227 e. The minimum Gasteiger partial charge on any atom is -0.497 e. The van der Waals surface area contributed by atoms with Crippen molar-refractivity contribution in [1.29, 1.82) is 0 Å². The van der Waals surface area contributed by atoms with E-state index in [9.17, 15) is 4.79 Å². The minimum atomic E-state index is 0.206. The highest BCUT2D eigenvalue weighted by Gasteiger charge is 2.23. The number of nitrogens with zero attached hydrogens (tertiary/aromatic N) is 3. The zero-order valence-electron chi connectivity index (χ0n) is 16.4. The number of ether oxygens (including phenoxy) is 1. The zero-order chi connectivity index (χ0) is 19.5. The molecule has 1 amide bonds. The van der Waals surface area contributed by atoms with Crippen molar-refractivity contribution in [2.45, 2.75) is 19.8 Å². The Morgan fingerprint density at radius 1 is 1.07 bits per heavy atom. The second kappa shape index (κ2) is 8.19. The van der Waals surface area contributed by atoms with Crippen molar-refractivity contribution in [3.8, 4) is 5.75 Å². The third kappa shape index (κ3) is 3.97. The number of piperazine rings is 1. The molecule has 1 aliphatic rings. The van der Waals surface area contributed by atoms with Gasteiger partial charge in [0.15, 0.2) is 5.13 Å². The van der Waals surface area contributed by atoms with Gasteiger partial charge in [0.25, 0.3) is 0 Å². The van der Waals surface area contributed by atoms with Crippen LogP contribution < -0.4 is 9.64 Å². The lowest BCUT2D eigenvalue weighted by molar-refractivity contribution is -0.130. The summed E-state index contributed by atoms with van der Waals surface area (Å²) in [4.78, 5) is 21.7. The van der Waals surface area contributed by atoms with E-state index >= 15 is 0 Å². The van der Waals surface area contributed by atoms with Gasteiger partial charge < -0.3 is 14.5 Å². The molecular formula is C22H25N3O2S. The highest BCUT2D eigenvalue weighted by molar-refractivity contribution is 7.22. The Balaban J connectivity index is 1.36. The number of aryl methyl sites for hydroxylation is 1. The van der Waals surface area contributed by atoms with Crippen LogP contribution in [0.2, 0.25) is 0 Å². The van der Waals surface area contributed by atoms with Gasteiger partial charge in [0.2, 0.25) is 5.91 Å². The van der Waals surface area contributed by atoms with E-state index in [0.29, 0.717) is 6.42 Å². The van der Waals surface area contributed by atoms with E-state index in [2.05, 4.69) is 36.1 Å². The van der Waals surface area contributed by atoms with Crippen LogP contribution in [-0.4, -0.2) is 49.1 Å². The fourth-order valence-electron chi connectivity index (χ4n) is 3.48. The summed E-state index contributed by atoms with van der Waals surface area (Å²) < 4.78 is 6.43. The molecule has 2 aromatic carbocycles. The first-order chi connectivity index (χ1) is 13.7. The van der Waals surface area contributed by atoms with Crippen molar-refractivity contribution in [1.82, 2.24) is 9.88 Å². The minimum absolute atomic E-state index is 0.206. The summed E-state index contributed by atoms with van der Waals surface area (Å²) in [6.45, 7) is 5.26. The monoisotopic (exact) mass is 395 g/mol. The number of benzene rings is 2. The molecule has 0 radical (unpaired) electrons. The van der Waals surface area contributed by atoms with Gasteiger partial charge >= 0.3 is 0 Å². The molecule has 28 heavy (non-hydrogen) atoms. The normalized spacial score (nSPS) is 14.5. The standard InChI is InChI=1S/C22H25N3O2S/c1-3-16-4-6-17(7-5-16)14-21(26)24-10-12-25(13-11-24)22-23-19-9-8-18(27-2)15-20(19)28-22/h4-9,15H,3,10-14H2,1-2H3. The number of carbonyl (C=O) groups excluding carboxylic acids is 1. The van der Waals surface area contributed by atoms with Crippen LogP contribution in [0.4, 0.5) is 5.13 Å². The Hall–Kier alpha value is -2.60. The molecule has 146 valence electrons. The Morgan fingerprint density at radius 2 is 1.79 bits per heavy atom. The fraction of sp³-hybridized carbons (Fsp3) is 0.364. The Kier molecular flexibility index (Phi) is 5.48. The summed E-state index contributed by atoms with van der Waals surface area (Å²) in [6, 6.07) is 14.3. The molecule has 0 spiro atoms. The van der Waals surface area contributed by atoms with E-state index in [1.165, 1.54) is 5.56 Å². The molecule has 0 N–H and O–H groups in total. The number of aromatic nitrogens is 1. The third-order valence-electron chi connectivity index (χ3n) is 5.27. The number of carbonyl (C=O) groups is 1. The van der Waals surface area contributed by atoms with Gasteiger partial charge in [0.1, 0.15) is 5.75 Å². The molecule has 2 heterocycles. The molecule has 0 unspecified atom stereocenters. The molecule has 6 heteroatoms. The number of hydrogen-bond acceptors (Lipinski definition) is 5. The van der Waals surface area contributed by atoms with Crippen LogP contribution in [0.25, 0.3) is 10.2 Å². The second-order valence-corrected chi connectivity index (χ2v) is 8.05. The zero-order valence-corrected chi connectivity index (χ0v) is 17.2. The first-order valence-corrected chi connectivity index (χ1v) is 10.5. The van der Waals surface area contributed by atoms with E-state index in [0.717, 1.165) is 59.3 Å². The lowest BCUT2D eigenvalue weighted by Crippen LogP contribution is -2.49. The number of amides is 1. The summed E-state index contributed by atoms with van der Waals surface area (Å²) >= 11 is 1.68. The van der Waals surface area contributed by atoms with Crippen LogP contribution in [0.15, 0.2) is 42.5 Å². The molecule has 1 aliphatic heterocycles. The van der Waals surface area contributed by atoms with Gasteiger partial charge in [-0.1, -0.05) is 42.5 Å². The Labute approximate surface area is 169 Å². The van der Waals surface area contributed by atoms with Gasteiger partial charge in [0, 0.05) is 26.2 Å². The fourth-order valence-corrected chi connectivity index (χ4v) is 4.53. The van der Waals surface area contributed by atoms with E-state index in [-0.39, 0.29) is 5.91 Å². The molecule has 0 bridgehead atoms. The van der Waals surface area contributed by atoms with E-state index in [1.807, 2.05) is 23.1 Å². The number of rotatable bonds is 5. The van der Waals surface area contributed by atoms with Crippen molar-refractivity contribution in [2.24, 2.45) is 0 Å². The van der Waals surface area contributed by atoms with Crippen LogP contribution in [0.5, 0.6) is 5.75 Å². The van der Waals surface area contributed by atoms with Crippen LogP contribution in [0.3, 0.4) is 0 Å². The summed E-state index contributed by atoms with van der Waals surface area (Å²) in [6.07, 6.45) is 1.50. The van der Waals surface area contributed by atoms with E-state index in [4.69, 9.17) is 9.72 Å². The summed E-state index contributed by atoms with van der Waals surface area (Å²) in [5, 5.41) is 1.02. The topological polar surface area (TPSA) is 45.7 Å². The predicted molar refractivity (Wildman–Crippen MR) is 114 cm³/mol. The van der Waals surface area contributed by atoms with Gasteiger partial charge in [-0.3, -0.25) is 4.79 Å². The second-order valence-electron chi connectivity index (χ2n) is 7.04. The lowest BCUT2D eigenvalue weighted by atomic mass is 10.1. The van der Waals surface area contributed by atoms with Crippen molar-refractivity contribution in [3.05, 3.63) is 53.6 Å². The maximum absolute atomic E-state index is 12.7. The van der Waals surface area contributed by atoms with Crippen LogP contribution in [-0.2, 0) is 17.6 Å². The number of thiazole rings is 1. The largest absolute Gasteiger partial charge is 0.497 e. The smallest absolute Gasteiger partial charge is 0.227 e. The molecule has 4 rings (SSSR count). The highest BCUT2D eigenvalue weighted by atomic mass is 32.1. The van der Waals surface area contributed by atoms with E-state index in [1.54, 1.807) is 18.4 Å². The predicted octanol–water partition coefficient (Wildman–Crippen LogP) is 3.76. The van der Waals surface area contributed by atoms with Gasteiger partial charge in [-0.2, -0.15) is 0 Å². The molecule has 0 aliphatic carbocycles. The molecule has 1 fully saturated rings. The van der Waals surface area contributed by atoms with Gasteiger partial charge in [0.05, 0.1) is 23.7 Å². The first kappa shape index (κ1) is 18.7. The average molecular weight is 396 g/mol. The Morgan fingerprint density at radius 3 is 2.46 bits per heavy atom. The SMILES string of the molecule is CCc1ccc(CC(=O)N2CCN(c3nc4ccc(OC)cc4s3)CC2)cc1. The molecule has 1 saturated heterocycles. The molecule has 1 aromatic heterocycles. The molecule has 3 aromatic rings. The summed E-state index contributed by atoms with van der Waals surface area (Å²) in [5.74, 6) is 1.06. The molecular weight excluding hydrogens is 370 g/mol. The number of hydrogen-bond donors (Lipinski definition) is 0. The van der Waals surface area contributed by atoms with Gasteiger partial charge in [-0.15, -0.1) is 0 Å². The van der Waals surface area contributed by atoms with Crippen molar-refractivity contribution >= 4 is 32.6 Å². The summed E-state index contributed by atoms with van der Waals surface area (Å²) in [5.41, 5.74) is 3.39. The maximum atomic E-state index is 12.7. The number of anilines is 1. The molecule has 0 saturated carbocycles. The first-order valence-electron chi connectivity index (χ1n) is 9.71. The lowest BCUT2D eigenvalue weighted by Gasteiger charge is -2.34. The van der Waals surface area contributed by atoms with Crippen molar-refractivity contribution < 1.29 is 9.53 Å². The number of methoxy groups -OCH3 is 1.